The largest absolute Gasteiger partial charge is 0.481 e. The molecule has 144 valence electrons. The van der Waals surface area contributed by atoms with Crippen molar-refractivity contribution in [3.63, 3.8) is 0 Å². The van der Waals surface area contributed by atoms with Gasteiger partial charge in [0.25, 0.3) is 0 Å². The van der Waals surface area contributed by atoms with Crippen LogP contribution < -0.4 is 5.73 Å². The molecule has 1 saturated heterocycles. The lowest BCUT2D eigenvalue weighted by Crippen LogP contribution is -2.44. The number of carboxylic acid groups (broad SMARTS) is 2. The van der Waals surface area contributed by atoms with E-state index in [0.29, 0.717) is 35.9 Å². The minimum absolute atomic E-state index is 0.0703. The van der Waals surface area contributed by atoms with Crippen molar-refractivity contribution < 1.29 is 29.0 Å². The second kappa shape index (κ2) is 7.36. The van der Waals surface area contributed by atoms with Crippen LogP contribution in [-0.2, 0) is 20.9 Å². The molecule has 9 heteroatoms. The van der Waals surface area contributed by atoms with Crippen LogP contribution in [0.25, 0.3) is 10.9 Å². The molecular weight excluding hydrogens is 357 g/mol. The number of nitrogens with zero attached hydrogens (tertiary/aromatic N) is 2. The van der Waals surface area contributed by atoms with Gasteiger partial charge in [0.15, 0.2) is 0 Å². The minimum atomic E-state index is -1.15. The number of carbonyl (C=O) groups is 3. The third kappa shape index (κ3) is 3.63. The van der Waals surface area contributed by atoms with Crippen molar-refractivity contribution in [1.29, 1.82) is 0 Å². The number of hydrogen-bond acceptors (Lipinski definition) is 4. The zero-order chi connectivity index (χ0) is 19.7. The van der Waals surface area contributed by atoms with Crippen LogP contribution in [0.3, 0.4) is 0 Å². The highest BCUT2D eigenvalue weighted by Crippen LogP contribution is 2.35. The first kappa shape index (κ1) is 18.8. The highest BCUT2D eigenvalue weighted by Gasteiger charge is 2.39. The van der Waals surface area contributed by atoms with Crippen molar-refractivity contribution in [2.45, 2.75) is 37.9 Å². The molecule has 27 heavy (non-hydrogen) atoms. The van der Waals surface area contributed by atoms with E-state index in [-0.39, 0.29) is 13.0 Å². The Labute approximate surface area is 154 Å². The first-order valence-electron chi connectivity index (χ1n) is 8.57. The number of hydrogen-bond donors (Lipinski definition) is 3. The summed E-state index contributed by atoms with van der Waals surface area (Å²) in [6, 6.07) is 2.12. The first-order chi connectivity index (χ1) is 12.8. The van der Waals surface area contributed by atoms with Crippen molar-refractivity contribution in [2.75, 3.05) is 6.54 Å². The van der Waals surface area contributed by atoms with E-state index in [2.05, 4.69) is 0 Å². The molecule has 4 N–H and O–H groups in total. The van der Waals surface area contributed by atoms with Gasteiger partial charge < -0.3 is 20.5 Å². The van der Waals surface area contributed by atoms with Gasteiger partial charge in [0.05, 0.1) is 18.0 Å². The molecule has 0 radical (unpaired) electrons. The number of rotatable bonds is 7. The maximum atomic E-state index is 13.7. The lowest BCUT2D eigenvalue weighted by atomic mass is 10.0. The number of carboxylic acids is 2. The Bertz CT molecular complexity index is 910. The van der Waals surface area contributed by atoms with Crippen LogP contribution >= 0.6 is 0 Å². The molecule has 0 aliphatic carbocycles. The molecule has 0 saturated carbocycles. The lowest BCUT2D eigenvalue weighted by Gasteiger charge is -2.28. The lowest BCUT2D eigenvalue weighted by molar-refractivity contribution is -0.145. The summed E-state index contributed by atoms with van der Waals surface area (Å²) >= 11 is 0. The number of halogens is 1. The monoisotopic (exact) mass is 377 g/mol. The summed E-state index contributed by atoms with van der Waals surface area (Å²) in [6.45, 7) is 0.467. The number of aromatic nitrogens is 1. The number of aliphatic carboxylic acids is 2. The average Bonchev–Trinajstić information content (AvgIpc) is 3.18. The van der Waals surface area contributed by atoms with Crippen molar-refractivity contribution in [3.05, 3.63) is 35.8 Å². The van der Waals surface area contributed by atoms with Crippen LogP contribution in [0.2, 0.25) is 0 Å². The predicted octanol–water partition coefficient (Wildman–Crippen LogP) is 1.33. The number of amides is 1. The number of fused-ring (bicyclic) bond motifs is 1. The van der Waals surface area contributed by atoms with Gasteiger partial charge in [-0.15, -0.1) is 0 Å². The fourth-order valence-electron chi connectivity index (χ4n) is 3.77. The van der Waals surface area contributed by atoms with Gasteiger partial charge in [-0.25, -0.2) is 4.39 Å². The molecular formula is C18H20FN3O5. The van der Waals surface area contributed by atoms with E-state index in [1.165, 1.54) is 29.0 Å². The highest BCUT2D eigenvalue weighted by molar-refractivity contribution is 5.90. The Hall–Kier alpha value is -2.94. The second-order valence-corrected chi connectivity index (χ2v) is 6.62. The summed E-state index contributed by atoms with van der Waals surface area (Å²) in [5.41, 5.74) is 6.22. The molecule has 2 aromatic rings. The Balaban J connectivity index is 2.11. The third-order valence-corrected chi connectivity index (χ3v) is 4.92. The van der Waals surface area contributed by atoms with Crippen LogP contribution in [0.4, 0.5) is 4.39 Å². The fourth-order valence-corrected chi connectivity index (χ4v) is 3.77. The smallest absolute Gasteiger partial charge is 0.325 e. The zero-order valence-corrected chi connectivity index (χ0v) is 14.5. The zero-order valence-electron chi connectivity index (χ0n) is 14.5. The molecule has 0 bridgehead atoms. The predicted molar refractivity (Wildman–Crippen MR) is 93.4 cm³/mol. The summed E-state index contributed by atoms with van der Waals surface area (Å²) < 4.78 is 15.3. The molecule has 1 aliphatic rings. The molecule has 0 spiro atoms. The molecule has 3 rings (SSSR count). The third-order valence-electron chi connectivity index (χ3n) is 4.92. The quantitative estimate of drug-likeness (QED) is 0.668. The molecule has 8 nitrogen and oxygen atoms in total. The van der Waals surface area contributed by atoms with Gasteiger partial charge in [-0.2, -0.15) is 0 Å². The number of aryl methyl sites for hydroxylation is 1. The van der Waals surface area contributed by atoms with Crippen LogP contribution in [0.15, 0.2) is 24.4 Å². The number of benzene rings is 1. The van der Waals surface area contributed by atoms with Crippen LogP contribution in [0, 0.1) is 5.82 Å². The summed E-state index contributed by atoms with van der Waals surface area (Å²) in [6.07, 6.45) is 2.46. The maximum Gasteiger partial charge on any atom is 0.325 e. The molecule has 2 heterocycles. The Morgan fingerprint density at radius 3 is 2.67 bits per heavy atom. The van der Waals surface area contributed by atoms with Gasteiger partial charge in [-0.1, -0.05) is 0 Å². The second-order valence-electron chi connectivity index (χ2n) is 6.62. The molecule has 2 atom stereocenters. The summed E-state index contributed by atoms with van der Waals surface area (Å²) in [4.78, 5) is 36.3. The summed E-state index contributed by atoms with van der Waals surface area (Å²) in [5.74, 6) is -3.26. The number of primary amides is 1. The topological polar surface area (TPSA) is 126 Å². The van der Waals surface area contributed by atoms with Gasteiger partial charge >= 0.3 is 11.9 Å². The standard InChI is InChI=1S/C18H20FN3O5/c19-10-3-4-11-12(9-21(14(11)8-10)7-5-15(23)24)16(18(26)27)22-6-1-2-13(22)17(20)25/h3-4,8-9,13,16H,1-2,5-7H2,(H2,20,25)(H,23,24)(H,26,27)/t13-,16+/m0/s1. The Morgan fingerprint density at radius 2 is 2.04 bits per heavy atom. The minimum Gasteiger partial charge on any atom is -0.481 e. The molecule has 1 fully saturated rings. The van der Waals surface area contributed by atoms with Gasteiger partial charge in [0, 0.05) is 30.2 Å². The van der Waals surface area contributed by atoms with E-state index < -0.39 is 35.7 Å². The van der Waals surface area contributed by atoms with Gasteiger partial charge in [0.1, 0.15) is 11.9 Å². The molecule has 1 aromatic carbocycles. The SMILES string of the molecule is NC(=O)[C@@H]1CCCN1[C@@H](C(=O)O)c1cn(CCC(=O)O)c2cc(F)ccc12. The fraction of sp³-hybridized carbons (Fsp3) is 0.389. The first-order valence-corrected chi connectivity index (χ1v) is 8.57. The Morgan fingerprint density at radius 1 is 1.30 bits per heavy atom. The van der Waals surface area contributed by atoms with E-state index in [9.17, 15) is 23.9 Å². The van der Waals surface area contributed by atoms with Crippen molar-refractivity contribution in [3.8, 4) is 0 Å². The summed E-state index contributed by atoms with van der Waals surface area (Å²) in [5, 5.41) is 19.3. The van der Waals surface area contributed by atoms with Crippen LogP contribution in [0.5, 0.6) is 0 Å². The van der Waals surface area contributed by atoms with Gasteiger partial charge in [0.2, 0.25) is 5.91 Å². The Kier molecular flexibility index (Phi) is 5.13. The molecule has 0 unspecified atom stereocenters. The van der Waals surface area contributed by atoms with E-state index >= 15 is 0 Å². The van der Waals surface area contributed by atoms with E-state index in [1.54, 1.807) is 4.90 Å². The number of likely N-dealkylation sites (tertiary alicyclic amines) is 1. The molecule has 1 amide bonds. The van der Waals surface area contributed by atoms with Crippen molar-refractivity contribution >= 4 is 28.7 Å². The normalized spacial score (nSPS) is 18.6. The number of nitrogens with two attached hydrogens (primary N) is 1. The summed E-state index contributed by atoms with van der Waals surface area (Å²) in [7, 11) is 0. The van der Waals surface area contributed by atoms with Crippen LogP contribution in [-0.4, -0.2) is 50.1 Å². The molecule has 1 aliphatic heterocycles. The van der Waals surface area contributed by atoms with E-state index in [4.69, 9.17) is 10.8 Å². The number of carbonyl (C=O) groups excluding carboxylic acids is 1. The van der Waals surface area contributed by atoms with Gasteiger partial charge in [-0.05, 0) is 31.0 Å². The van der Waals surface area contributed by atoms with Gasteiger partial charge in [-0.3, -0.25) is 19.3 Å². The van der Waals surface area contributed by atoms with Crippen LogP contribution in [0.1, 0.15) is 30.9 Å². The average molecular weight is 377 g/mol. The highest BCUT2D eigenvalue weighted by atomic mass is 19.1. The van der Waals surface area contributed by atoms with E-state index in [0.717, 1.165) is 0 Å². The van der Waals surface area contributed by atoms with Crippen molar-refractivity contribution in [2.24, 2.45) is 5.73 Å². The molecule has 1 aromatic heterocycles. The van der Waals surface area contributed by atoms with Crippen molar-refractivity contribution in [1.82, 2.24) is 9.47 Å². The maximum absolute atomic E-state index is 13.7. The van der Waals surface area contributed by atoms with E-state index in [1.807, 2.05) is 0 Å².